The number of carbonyl (C=O) groups excluding carboxylic acids is 1. The number of benzene rings is 1. The Kier molecular flexibility index (Phi) is 5.07. The van der Waals surface area contributed by atoms with Crippen LogP contribution in [0.5, 0.6) is 0 Å². The number of quaternary nitrogens is 1. The number of carbonyl (C=O) groups is 1. The Morgan fingerprint density at radius 2 is 2.04 bits per heavy atom. The van der Waals surface area contributed by atoms with Crippen LogP contribution in [0.3, 0.4) is 0 Å². The molecule has 0 amide bonds. The zero-order chi connectivity index (χ0) is 17.3. The first-order chi connectivity index (χ1) is 11.5. The second-order valence-corrected chi connectivity index (χ2v) is 7.10. The van der Waals surface area contributed by atoms with Gasteiger partial charge in [-0.15, -0.1) is 0 Å². The van der Waals surface area contributed by atoms with Gasteiger partial charge in [-0.25, -0.2) is 4.98 Å². The van der Waals surface area contributed by atoms with E-state index in [1.165, 1.54) is 23.1 Å². The molecule has 0 saturated carbocycles. The van der Waals surface area contributed by atoms with E-state index >= 15 is 0 Å². The third-order valence-corrected chi connectivity index (χ3v) is 5.53. The first-order valence-electron chi connectivity index (χ1n) is 8.46. The lowest BCUT2D eigenvalue weighted by Crippen LogP contribution is -3.11. The highest BCUT2D eigenvalue weighted by molar-refractivity contribution is 6.30. The van der Waals surface area contributed by atoms with Crippen LogP contribution in [0.1, 0.15) is 29.5 Å². The molecule has 1 aliphatic heterocycles. The van der Waals surface area contributed by atoms with E-state index in [1.54, 1.807) is 0 Å². The van der Waals surface area contributed by atoms with Crippen molar-refractivity contribution in [3.05, 3.63) is 40.0 Å². The number of aryl methyl sites for hydroxylation is 2. The Hall–Kier alpha value is -1.65. The molecular formula is C19H24ClN2O2+. The van der Waals surface area contributed by atoms with Gasteiger partial charge in [0, 0.05) is 23.8 Å². The smallest absolute Gasteiger partial charge is 0.309 e. The van der Waals surface area contributed by atoms with Crippen molar-refractivity contribution in [1.82, 2.24) is 4.98 Å². The van der Waals surface area contributed by atoms with Crippen LogP contribution in [-0.2, 0) is 16.1 Å². The highest BCUT2D eigenvalue weighted by atomic mass is 35.5. The zero-order valence-electron chi connectivity index (χ0n) is 14.5. The number of methoxy groups -OCH3 is 1. The van der Waals surface area contributed by atoms with E-state index in [2.05, 4.69) is 37.0 Å². The molecule has 24 heavy (non-hydrogen) atoms. The van der Waals surface area contributed by atoms with Crippen LogP contribution in [0.25, 0.3) is 10.9 Å². The SMILES string of the molecule is COC(=O)C1CC[NH+](Cc2cc3ccc(C)c(C)c3nc2Cl)CC1. The van der Waals surface area contributed by atoms with Gasteiger partial charge < -0.3 is 9.64 Å². The molecule has 0 radical (unpaired) electrons. The van der Waals surface area contributed by atoms with Crippen molar-refractivity contribution >= 4 is 28.5 Å². The van der Waals surface area contributed by atoms with E-state index in [9.17, 15) is 4.79 Å². The van der Waals surface area contributed by atoms with Crippen LogP contribution >= 0.6 is 11.6 Å². The maximum absolute atomic E-state index is 11.6. The first-order valence-corrected chi connectivity index (χ1v) is 8.84. The van der Waals surface area contributed by atoms with Crippen molar-refractivity contribution in [1.29, 1.82) is 0 Å². The summed E-state index contributed by atoms with van der Waals surface area (Å²) in [5.74, 6) is -0.0279. The Balaban J connectivity index is 1.75. The third kappa shape index (κ3) is 3.40. The number of nitrogens with zero attached hydrogens (tertiary/aromatic N) is 1. The summed E-state index contributed by atoms with van der Waals surface area (Å²) in [6, 6.07) is 6.41. The fourth-order valence-electron chi connectivity index (χ4n) is 3.50. The summed E-state index contributed by atoms with van der Waals surface area (Å²) in [7, 11) is 1.46. The minimum Gasteiger partial charge on any atom is -0.469 e. The van der Waals surface area contributed by atoms with E-state index in [0.717, 1.165) is 48.9 Å². The molecule has 3 rings (SSSR count). The molecule has 1 aromatic heterocycles. The van der Waals surface area contributed by atoms with E-state index in [0.29, 0.717) is 5.15 Å². The average Bonchev–Trinajstić information content (AvgIpc) is 2.60. The van der Waals surface area contributed by atoms with Crippen molar-refractivity contribution in [3.63, 3.8) is 0 Å². The molecule has 0 spiro atoms. The molecule has 1 fully saturated rings. The van der Waals surface area contributed by atoms with Gasteiger partial charge in [0.25, 0.3) is 0 Å². The summed E-state index contributed by atoms with van der Waals surface area (Å²) in [6.45, 7) is 6.95. The molecule has 0 unspecified atom stereocenters. The molecule has 1 aromatic carbocycles. The van der Waals surface area contributed by atoms with Crippen molar-refractivity contribution in [2.75, 3.05) is 20.2 Å². The van der Waals surface area contributed by atoms with Crippen molar-refractivity contribution in [3.8, 4) is 0 Å². The molecule has 0 aliphatic carbocycles. The molecule has 0 atom stereocenters. The Bertz CT molecular complexity index is 768. The average molecular weight is 348 g/mol. The summed E-state index contributed by atoms with van der Waals surface area (Å²) in [6.07, 6.45) is 1.75. The molecule has 1 saturated heterocycles. The van der Waals surface area contributed by atoms with Crippen molar-refractivity contribution in [2.45, 2.75) is 33.2 Å². The van der Waals surface area contributed by atoms with E-state index in [1.807, 2.05) is 0 Å². The topological polar surface area (TPSA) is 43.6 Å². The number of likely N-dealkylation sites (tertiary alicyclic amines) is 1. The largest absolute Gasteiger partial charge is 0.469 e. The molecule has 2 aromatic rings. The van der Waals surface area contributed by atoms with Gasteiger partial charge in [-0.2, -0.15) is 0 Å². The number of piperidine rings is 1. The summed E-state index contributed by atoms with van der Waals surface area (Å²) in [5.41, 5.74) is 4.49. The van der Waals surface area contributed by atoms with Crippen LogP contribution < -0.4 is 4.90 Å². The number of nitrogens with one attached hydrogen (secondary N) is 1. The minimum absolute atomic E-state index is 0.0505. The summed E-state index contributed by atoms with van der Waals surface area (Å²) in [5, 5.41) is 1.74. The van der Waals surface area contributed by atoms with E-state index in [-0.39, 0.29) is 11.9 Å². The lowest BCUT2D eigenvalue weighted by atomic mass is 9.96. The molecule has 1 aliphatic rings. The van der Waals surface area contributed by atoms with E-state index < -0.39 is 0 Å². The highest BCUT2D eigenvalue weighted by Crippen LogP contribution is 2.24. The number of halogens is 1. The number of hydrogen-bond donors (Lipinski definition) is 1. The quantitative estimate of drug-likeness (QED) is 0.685. The maximum atomic E-state index is 11.6. The number of esters is 1. The molecule has 2 heterocycles. The first kappa shape index (κ1) is 17.2. The zero-order valence-corrected chi connectivity index (χ0v) is 15.2. The number of pyridine rings is 1. The van der Waals surface area contributed by atoms with Gasteiger partial charge in [-0.1, -0.05) is 23.7 Å². The number of aromatic nitrogens is 1. The van der Waals surface area contributed by atoms with Crippen LogP contribution in [0.4, 0.5) is 0 Å². The van der Waals surface area contributed by atoms with E-state index in [4.69, 9.17) is 16.3 Å². The monoisotopic (exact) mass is 347 g/mol. The second kappa shape index (κ2) is 7.08. The summed E-state index contributed by atoms with van der Waals surface area (Å²) >= 11 is 6.45. The third-order valence-electron chi connectivity index (χ3n) is 5.21. The van der Waals surface area contributed by atoms with Crippen molar-refractivity contribution < 1.29 is 14.4 Å². The van der Waals surface area contributed by atoms with Gasteiger partial charge >= 0.3 is 5.97 Å². The number of hydrogen-bond acceptors (Lipinski definition) is 3. The summed E-state index contributed by atoms with van der Waals surface area (Å²) in [4.78, 5) is 17.7. The lowest BCUT2D eigenvalue weighted by Gasteiger charge is -2.28. The van der Waals surface area contributed by atoms with Gasteiger partial charge in [-0.05, 0) is 31.0 Å². The van der Waals surface area contributed by atoms with Crippen molar-refractivity contribution in [2.24, 2.45) is 5.92 Å². The van der Waals surface area contributed by atoms with Crippen LogP contribution in [0.2, 0.25) is 5.15 Å². The van der Waals surface area contributed by atoms with Gasteiger partial charge in [0.15, 0.2) is 0 Å². The Morgan fingerprint density at radius 1 is 1.33 bits per heavy atom. The number of rotatable bonds is 3. The minimum atomic E-state index is -0.0784. The molecule has 5 heteroatoms. The highest BCUT2D eigenvalue weighted by Gasteiger charge is 2.28. The Morgan fingerprint density at radius 3 is 2.71 bits per heavy atom. The Labute approximate surface area is 147 Å². The van der Waals surface area contributed by atoms with Crippen LogP contribution in [0, 0.1) is 19.8 Å². The number of fused-ring (bicyclic) bond motifs is 1. The molecule has 0 bridgehead atoms. The lowest BCUT2D eigenvalue weighted by molar-refractivity contribution is -0.919. The fourth-order valence-corrected chi connectivity index (χ4v) is 3.71. The van der Waals surface area contributed by atoms with Gasteiger partial charge in [0.2, 0.25) is 0 Å². The van der Waals surface area contributed by atoms with Crippen LogP contribution in [0.15, 0.2) is 18.2 Å². The molecule has 4 nitrogen and oxygen atoms in total. The standard InChI is InChI=1S/C19H23ClN2O2/c1-12-4-5-15-10-16(18(20)21-17(15)13(12)2)11-22-8-6-14(7-9-22)19(23)24-3/h4-5,10,14H,6-9,11H2,1-3H3/p+1. The maximum Gasteiger partial charge on any atom is 0.309 e. The summed E-state index contributed by atoms with van der Waals surface area (Å²) < 4.78 is 4.85. The van der Waals surface area contributed by atoms with Gasteiger partial charge in [-0.3, -0.25) is 4.79 Å². The molecule has 128 valence electrons. The van der Waals surface area contributed by atoms with Crippen LogP contribution in [-0.4, -0.2) is 31.2 Å². The predicted octanol–water partition coefficient (Wildman–Crippen LogP) is 2.47. The normalized spacial score (nSPS) is 21.0. The van der Waals surface area contributed by atoms with Gasteiger partial charge in [0.1, 0.15) is 11.7 Å². The van der Waals surface area contributed by atoms with Gasteiger partial charge in [0.05, 0.1) is 31.6 Å². The second-order valence-electron chi connectivity index (χ2n) is 6.74. The molecular weight excluding hydrogens is 324 g/mol. The number of ether oxygens (including phenoxy) is 1. The molecule has 1 N–H and O–H groups in total. The predicted molar refractivity (Wildman–Crippen MR) is 95.4 cm³/mol. The fraction of sp³-hybridized carbons (Fsp3) is 0.474.